The van der Waals surface area contributed by atoms with E-state index in [-0.39, 0.29) is 5.91 Å². The maximum Gasteiger partial charge on any atom is 0.416 e. The van der Waals surface area contributed by atoms with Crippen molar-refractivity contribution in [3.8, 4) is 0 Å². The molecule has 1 heterocycles. The van der Waals surface area contributed by atoms with Gasteiger partial charge in [-0.3, -0.25) is 4.79 Å². The predicted molar refractivity (Wildman–Crippen MR) is 57.9 cm³/mol. The molecule has 0 saturated heterocycles. The fourth-order valence-electron chi connectivity index (χ4n) is 1.82. The van der Waals surface area contributed by atoms with Crippen LogP contribution in [0.25, 0.3) is 0 Å². The van der Waals surface area contributed by atoms with Crippen LogP contribution in [0.15, 0.2) is 23.1 Å². The standard InChI is InChI=1S/C11H8F3NOS/c12-11(13,14)6-1-2-7-8(5-6)17-10(3-4-10)9(16)15-7/h1-2,5H,3-4H2,(H,15,16). The minimum atomic E-state index is -4.34. The molecule has 1 aromatic rings. The Morgan fingerprint density at radius 1 is 1.29 bits per heavy atom. The van der Waals surface area contributed by atoms with E-state index in [2.05, 4.69) is 5.32 Å². The quantitative estimate of drug-likeness (QED) is 0.774. The average Bonchev–Trinajstić information content (AvgIpc) is 2.99. The smallest absolute Gasteiger partial charge is 0.324 e. The maximum atomic E-state index is 12.5. The van der Waals surface area contributed by atoms with Crippen LogP contribution in [0.1, 0.15) is 18.4 Å². The highest BCUT2D eigenvalue weighted by atomic mass is 32.2. The number of benzene rings is 1. The van der Waals surface area contributed by atoms with Gasteiger partial charge in [-0.2, -0.15) is 13.2 Å². The van der Waals surface area contributed by atoms with Gasteiger partial charge in [-0.1, -0.05) is 0 Å². The molecule has 1 aliphatic carbocycles. The molecule has 1 amide bonds. The molecule has 3 rings (SSSR count). The molecule has 17 heavy (non-hydrogen) atoms. The summed E-state index contributed by atoms with van der Waals surface area (Å²) in [4.78, 5) is 12.2. The van der Waals surface area contributed by atoms with E-state index in [1.54, 1.807) is 0 Å². The Balaban J connectivity index is 2.02. The number of carbonyl (C=O) groups is 1. The van der Waals surface area contributed by atoms with E-state index in [0.717, 1.165) is 25.0 Å². The predicted octanol–water partition coefficient (Wildman–Crippen LogP) is 3.28. The van der Waals surface area contributed by atoms with Gasteiger partial charge in [0.2, 0.25) is 5.91 Å². The largest absolute Gasteiger partial charge is 0.416 e. The molecule has 1 saturated carbocycles. The first-order valence-corrected chi connectivity index (χ1v) is 5.94. The topological polar surface area (TPSA) is 29.1 Å². The number of nitrogens with one attached hydrogen (secondary N) is 1. The number of thioether (sulfide) groups is 1. The number of halogens is 3. The molecule has 1 spiro atoms. The number of hydrogen-bond acceptors (Lipinski definition) is 2. The Morgan fingerprint density at radius 2 is 2.00 bits per heavy atom. The fourth-order valence-corrected chi connectivity index (χ4v) is 3.11. The number of amides is 1. The van der Waals surface area contributed by atoms with Gasteiger partial charge in [0.1, 0.15) is 0 Å². The number of carbonyl (C=O) groups excluding carboxylic acids is 1. The summed E-state index contributed by atoms with van der Waals surface area (Å²) in [6.45, 7) is 0. The number of fused-ring (bicyclic) bond motifs is 1. The van der Waals surface area contributed by atoms with Crippen molar-refractivity contribution in [2.24, 2.45) is 0 Å². The first kappa shape index (κ1) is 11.0. The number of rotatable bonds is 0. The third-order valence-corrected chi connectivity index (χ3v) is 4.52. The molecular formula is C11H8F3NOS. The molecule has 2 nitrogen and oxygen atoms in total. The van der Waals surface area contributed by atoms with Crippen molar-refractivity contribution >= 4 is 23.4 Å². The van der Waals surface area contributed by atoms with Crippen LogP contribution in [0, 0.1) is 0 Å². The van der Waals surface area contributed by atoms with Gasteiger partial charge in [-0.15, -0.1) is 11.8 Å². The summed E-state index contributed by atoms with van der Waals surface area (Å²) in [6, 6.07) is 3.42. The van der Waals surface area contributed by atoms with E-state index < -0.39 is 16.5 Å². The van der Waals surface area contributed by atoms with Crippen LogP contribution in [0.5, 0.6) is 0 Å². The lowest BCUT2D eigenvalue weighted by Gasteiger charge is -2.24. The van der Waals surface area contributed by atoms with E-state index in [4.69, 9.17) is 0 Å². The Kier molecular flexibility index (Phi) is 2.05. The highest BCUT2D eigenvalue weighted by Crippen LogP contribution is 2.56. The summed E-state index contributed by atoms with van der Waals surface area (Å²) in [7, 11) is 0. The lowest BCUT2D eigenvalue weighted by Crippen LogP contribution is -2.30. The summed E-state index contributed by atoms with van der Waals surface area (Å²) in [5.41, 5.74) is -0.193. The van der Waals surface area contributed by atoms with Gasteiger partial charge in [0, 0.05) is 4.90 Å². The van der Waals surface area contributed by atoms with E-state index >= 15 is 0 Å². The lowest BCUT2D eigenvalue weighted by atomic mass is 10.2. The Hall–Kier alpha value is -1.17. The van der Waals surface area contributed by atoms with E-state index in [1.165, 1.54) is 17.8 Å². The lowest BCUT2D eigenvalue weighted by molar-refractivity contribution is -0.137. The minimum Gasteiger partial charge on any atom is -0.324 e. The molecule has 0 bridgehead atoms. The number of alkyl halides is 3. The molecule has 0 radical (unpaired) electrons. The van der Waals surface area contributed by atoms with Crippen LogP contribution in [0.2, 0.25) is 0 Å². The van der Waals surface area contributed by atoms with Crippen LogP contribution < -0.4 is 5.32 Å². The highest BCUT2D eigenvalue weighted by Gasteiger charge is 2.53. The summed E-state index contributed by atoms with van der Waals surface area (Å²) in [5.74, 6) is -0.0882. The van der Waals surface area contributed by atoms with Gasteiger partial charge < -0.3 is 5.32 Å². The van der Waals surface area contributed by atoms with E-state index in [0.29, 0.717) is 10.6 Å². The summed E-state index contributed by atoms with van der Waals surface area (Å²) in [6.07, 6.45) is -2.87. The van der Waals surface area contributed by atoms with Gasteiger partial charge in [0.15, 0.2) is 0 Å². The van der Waals surface area contributed by atoms with Crippen molar-refractivity contribution in [1.29, 1.82) is 0 Å². The van der Waals surface area contributed by atoms with Gasteiger partial charge in [0.25, 0.3) is 0 Å². The average molecular weight is 259 g/mol. The van der Waals surface area contributed by atoms with E-state index in [9.17, 15) is 18.0 Å². The van der Waals surface area contributed by atoms with Crippen molar-refractivity contribution in [3.05, 3.63) is 23.8 Å². The Labute approximate surface area is 99.6 Å². The highest BCUT2D eigenvalue weighted by molar-refractivity contribution is 8.02. The van der Waals surface area contributed by atoms with Crippen LogP contribution >= 0.6 is 11.8 Å². The Morgan fingerprint density at radius 3 is 2.59 bits per heavy atom. The SMILES string of the molecule is O=C1Nc2ccc(C(F)(F)F)cc2SC12CC2. The number of anilines is 1. The zero-order valence-corrected chi connectivity index (χ0v) is 9.41. The second kappa shape index (κ2) is 3.19. The first-order valence-electron chi connectivity index (χ1n) is 5.12. The molecule has 6 heteroatoms. The summed E-state index contributed by atoms with van der Waals surface area (Å²) >= 11 is 1.25. The van der Waals surface area contributed by atoms with Gasteiger partial charge >= 0.3 is 6.18 Å². The molecule has 0 atom stereocenters. The van der Waals surface area contributed by atoms with Crippen molar-refractivity contribution in [1.82, 2.24) is 0 Å². The van der Waals surface area contributed by atoms with E-state index in [1.807, 2.05) is 0 Å². The fraction of sp³-hybridized carbons (Fsp3) is 0.364. The minimum absolute atomic E-state index is 0.0882. The molecule has 1 N–H and O–H groups in total. The van der Waals surface area contributed by atoms with Gasteiger partial charge in [-0.25, -0.2) is 0 Å². The van der Waals surface area contributed by atoms with Crippen LogP contribution in [-0.2, 0) is 11.0 Å². The van der Waals surface area contributed by atoms with Crippen molar-refractivity contribution in [2.45, 2.75) is 28.7 Å². The van der Waals surface area contributed by atoms with Crippen molar-refractivity contribution < 1.29 is 18.0 Å². The molecule has 0 unspecified atom stereocenters. The monoisotopic (exact) mass is 259 g/mol. The second-order valence-corrected chi connectivity index (χ2v) is 5.68. The Bertz CT molecular complexity index is 508. The van der Waals surface area contributed by atoms with Crippen LogP contribution in [0.4, 0.5) is 18.9 Å². The van der Waals surface area contributed by atoms with Gasteiger partial charge in [0.05, 0.1) is 16.0 Å². The number of hydrogen-bond donors (Lipinski definition) is 1. The molecule has 1 aromatic carbocycles. The molecule has 2 aliphatic rings. The maximum absolute atomic E-state index is 12.5. The summed E-state index contributed by atoms with van der Waals surface area (Å²) in [5, 5.41) is 2.66. The zero-order valence-electron chi connectivity index (χ0n) is 8.60. The molecule has 1 aliphatic heterocycles. The normalized spacial score (nSPS) is 21.0. The third kappa shape index (κ3) is 1.71. The van der Waals surface area contributed by atoms with Crippen molar-refractivity contribution in [3.63, 3.8) is 0 Å². The van der Waals surface area contributed by atoms with Crippen LogP contribution in [-0.4, -0.2) is 10.7 Å². The molecular weight excluding hydrogens is 251 g/mol. The van der Waals surface area contributed by atoms with Gasteiger partial charge in [-0.05, 0) is 31.0 Å². The zero-order chi connectivity index (χ0) is 12.3. The molecule has 90 valence electrons. The van der Waals surface area contributed by atoms with Crippen molar-refractivity contribution in [2.75, 3.05) is 5.32 Å². The first-order chi connectivity index (χ1) is 7.91. The van der Waals surface area contributed by atoms with Crippen LogP contribution in [0.3, 0.4) is 0 Å². The third-order valence-electron chi connectivity index (χ3n) is 2.98. The summed E-state index contributed by atoms with van der Waals surface area (Å²) < 4.78 is 37.1. The second-order valence-electron chi connectivity index (χ2n) is 4.26. The molecule has 1 fully saturated rings. The molecule has 0 aromatic heterocycles.